The number of amides is 1. The summed E-state index contributed by atoms with van der Waals surface area (Å²) in [7, 11) is 0.457. The van der Waals surface area contributed by atoms with Crippen molar-refractivity contribution in [2.45, 2.75) is 44.4 Å². The maximum atomic E-state index is 13.3. The maximum absolute atomic E-state index is 13.3. The van der Waals surface area contributed by atoms with E-state index >= 15 is 0 Å². The molecule has 9 heteroatoms. The fourth-order valence-electron chi connectivity index (χ4n) is 3.25. The maximum Gasteiger partial charge on any atom is 0.272 e. The van der Waals surface area contributed by atoms with Gasteiger partial charge in [-0.05, 0) is 57.4 Å². The van der Waals surface area contributed by atoms with E-state index in [1.54, 1.807) is 11.6 Å². The van der Waals surface area contributed by atoms with E-state index in [2.05, 4.69) is 10.0 Å². The van der Waals surface area contributed by atoms with Crippen molar-refractivity contribution in [2.75, 3.05) is 5.32 Å². The number of nitrogens with zero attached hydrogens (tertiary/aromatic N) is 1. The Morgan fingerprint density at radius 2 is 2.00 bits per heavy atom. The van der Waals surface area contributed by atoms with Crippen molar-refractivity contribution in [1.82, 2.24) is 9.29 Å². The van der Waals surface area contributed by atoms with Crippen LogP contribution in [0.2, 0.25) is 10.2 Å². The molecule has 1 amide bonds. The van der Waals surface area contributed by atoms with Crippen LogP contribution in [0.3, 0.4) is 0 Å². The van der Waals surface area contributed by atoms with E-state index in [0.717, 1.165) is 11.1 Å². The fourth-order valence-corrected chi connectivity index (χ4v) is 4.61. The molecule has 5 nitrogen and oxygen atoms in total. The summed E-state index contributed by atoms with van der Waals surface area (Å²) in [5.74, 6) is -0.908. The zero-order valence-corrected chi connectivity index (χ0v) is 18.4. The minimum Gasteiger partial charge on any atom is -0.330 e. The molecule has 152 valence electrons. The van der Waals surface area contributed by atoms with Crippen LogP contribution in [0.4, 0.5) is 10.1 Å². The summed E-state index contributed by atoms with van der Waals surface area (Å²) in [6, 6.07) is 3.81. The first-order valence-corrected chi connectivity index (χ1v) is 10.7. The Labute approximate surface area is 176 Å². The van der Waals surface area contributed by atoms with Crippen molar-refractivity contribution in [1.29, 1.82) is 0 Å². The molecule has 0 radical (unpaired) electrons. The molecule has 1 aromatic carbocycles. The van der Waals surface area contributed by atoms with Crippen LogP contribution in [-0.4, -0.2) is 19.4 Å². The molecule has 2 unspecified atom stereocenters. The van der Waals surface area contributed by atoms with Crippen molar-refractivity contribution in [3.63, 3.8) is 0 Å². The topological polar surface area (TPSA) is 63.1 Å². The highest BCUT2D eigenvalue weighted by Crippen LogP contribution is 2.41. The molecule has 2 atom stereocenters. The quantitative estimate of drug-likeness (QED) is 0.711. The highest BCUT2D eigenvalue weighted by atomic mass is 35.5. The van der Waals surface area contributed by atoms with Gasteiger partial charge >= 0.3 is 0 Å². The predicted octanol–water partition coefficient (Wildman–Crippen LogP) is 4.76. The zero-order valence-electron chi connectivity index (χ0n) is 16.0. The fraction of sp³-hybridized carbons (Fsp3) is 0.421. The number of anilines is 1. The molecule has 1 aliphatic rings. The van der Waals surface area contributed by atoms with Gasteiger partial charge in [0.05, 0.1) is 20.8 Å². The summed E-state index contributed by atoms with van der Waals surface area (Å²) in [5.41, 5.74) is 2.47. The monoisotopic (exact) mass is 445 g/mol. The Bertz CT molecular complexity index is 969. The average molecular weight is 446 g/mol. The molecular formula is C19H22Cl2FN3O2S. The van der Waals surface area contributed by atoms with E-state index in [9.17, 15) is 13.4 Å². The highest BCUT2D eigenvalue weighted by molar-refractivity contribution is 7.84. The number of carbonyl (C=O) groups is 1. The summed E-state index contributed by atoms with van der Waals surface area (Å²) in [6.07, 6.45) is 1.34. The normalized spacial score (nSPS) is 17.5. The van der Waals surface area contributed by atoms with Crippen molar-refractivity contribution in [3.8, 4) is 0 Å². The number of fused-ring (bicyclic) bond motifs is 1. The van der Waals surface area contributed by atoms with Gasteiger partial charge in [0.15, 0.2) is 0 Å². The summed E-state index contributed by atoms with van der Waals surface area (Å²) in [6.45, 7) is 5.68. The van der Waals surface area contributed by atoms with Crippen LogP contribution < -0.4 is 10.0 Å². The molecule has 0 bridgehead atoms. The number of nitrogens with one attached hydrogen (secondary N) is 2. The van der Waals surface area contributed by atoms with E-state index in [0.29, 0.717) is 29.4 Å². The molecule has 0 spiro atoms. The van der Waals surface area contributed by atoms with E-state index in [1.807, 2.05) is 20.8 Å². The van der Waals surface area contributed by atoms with E-state index in [-0.39, 0.29) is 17.0 Å². The molecule has 1 aliphatic carbocycles. The van der Waals surface area contributed by atoms with Gasteiger partial charge in [-0.3, -0.25) is 4.79 Å². The van der Waals surface area contributed by atoms with Crippen LogP contribution in [0.1, 0.15) is 54.8 Å². The lowest BCUT2D eigenvalue weighted by Gasteiger charge is -2.22. The number of hydrogen-bond acceptors (Lipinski definition) is 2. The van der Waals surface area contributed by atoms with Crippen LogP contribution in [0.15, 0.2) is 18.2 Å². The van der Waals surface area contributed by atoms with Gasteiger partial charge in [0.2, 0.25) is 0 Å². The van der Waals surface area contributed by atoms with Crippen LogP contribution in [0.25, 0.3) is 0 Å². The lowest BCUT2D eigenvalue weighted by Crippen LogP contribution is -2.35. The molecule has 1 aromatic heterocycles. The first kappa shape index (κ1) is 21.3. The van der Waals surface area contributed by atoms with Crippen molar-refractivity contribution in [3.05, 3.63) is 51.0 Å². The zero-order chi connectivity index (χ0) is 20.8. The third kappa shape index (κ3) is 3.99. The summed E-state index contributed by atoms with van der Waals surface area (Å²) >= 11 is 12.3. The SMILES string of the molecule is Cn1c(Cl)c2c(c1C(=O)Nc1ccc(F)c(Cl)c1)CCC2NS(=O)C(C)(C)C. The molecule has 0 fully saturated rings. The first-order valence-electron chi connectivity index (χ1n) is 8.82. The van der Waals surface area contributed by atoms with Crippen molar-refractivity contribution < 1.29 is 13.4 Å². The Morgan fingerprint density at radius 3 is 2.61 bits per heavy atom. The van der Waals surface area contributed by atoms with Gasteiger partial charge in [-0.2, -0.15) is 0 Å². The minimum atomic E-state index is -1.26. The minimum absolute atomic E-state index is 0.0677. The van der Waals surface area contributed by atoms with Crippen LogP contribution in [0.5, 0.6) is 0 Å². The van der Waals surface area contributed by atoms with Gasteiger partial charge in [-0.25, -0.2) is 13.3 Å². The number of rotatable bonds is 4. The second kappa shape index (κ2) is 7.78. The smallest absolute Gasteiger partial charge is 0.272 e. The van der Waals surface area contributed by atoms with Crippen LogP contribution >= 0.6 is 23.2 Å². The number of carbonyl (C=O) groups excluding carboxylic acids is 1. The third-order valence-corrected chi connectivity index (χ3v) is 7.05. The Hall–Kier alpha value is -1.41. The Kier molecular flexibility index (Phi) is 5.92. The standard InChI is InChI=1S/C19H22Cl2FN3O2S/c1-19(2,3)28(27)24-14-8-6-11-15(14)17(21)25(4)16(11)18(26)23-10-5-7-13(22)12(20)9-10/h5,7,9,14,24H,6,8H2,1-4H3,(H,23,26). The molecular weight excluding hydrogens is 424 g/mol. The molecule has 2 aromatic rings. The third-order valence-electron chi connectivity index (χ3n) is 4.69. The Balaban J connectivity index is 1.89. The number of aromatic nitrogens is 1. The van der Waals surface area contributed by atoms with Gasteiger partial charge in [0.25, 0.3) is 5.91 Å². The molecule has 0 saturated heterocycles. The molecule has 2 N–H and O–H groups in total. The summed E-state index contributed by atoms with van der Waals surface area (Å²) in [5, 5.41) is 3.12. The second-order valence-corrected chi connectivity index (χ2v) is 10.5. The lowest BCUT2D eigenvalue weighted by atomic mass is 10.1. The van der Waals surface area contributed by atoms with Crippen LogP contribution in [-0.2, 0) is 24.5 Å². The summed E-state index contributed by atoms with van der Waals surface area (Å²) in [4.78, 5) is 12.9. The van der Waals surface area contributed by atoms with Gasteiger partial charge in [-0.15, -0.1) is 0 Å². The van der Waals surface area contributed by atoms with E-state index in [4.69, 9.17) is 23.2 Å². The molecule has 3 rings (SSSR count). The molecule has 0 saturated carbocycles. The second-order valence-electron chi connectivity index (χ2n) is 7.76. The number of halogens is 3. The first-order chi connectivity index (χ1) is 13.0. The summed E-state index contributed by atoms with van der Waals surface area (Å²) < 4.78 is 30.2. The van der Waals surface area contributed by atoms with Gasteiger partial charge in [-0.1, -0.05) is 23.2 Å². The number of benzene rings is 1. The van der Waals surface area contributed by atoms with Crippen molar-refractivity contribution >= 4 is 45.8 Å². The molecule has 1 heterocycles. The molecule has 0 aliphatic heterocycles. The predicted molar refractivity (Wildman–Crippen MR) is 112 cm³/mol. The van der Waals surface area contributed by atoms with Gasteiger partial charge in [0, 0.05) is 24.3 Å². The largest absolute Gasteiger partial charge is 0.330 e. The van der Waals surface area contributed by atoms with E-state index in [1.165, 1.54) is 18.2 Å². The Morgan fingerprint density at radius 1 is 1.32 bits per heavy atom. The van der Waals surface area contributed by atoms with Gasteiger partial charge < -0.3 is 9.88 Å². The lowest BCUT2D eigenvalue weighted by molar-refractivity contribution is 0.101. The van der Waals surface area contributed by atoms with E-state index < -0.39 is 21.5 Å². The highest BCUT2D eigenvalue weighted by Gasteiger charge is 2.36. The van der Waals surface area contributed by atoms with Gasteiger partial charge in [0.1, 0.15) is 16.7 Å². The van der Waals surface area contributed by atoms with Crippen molar-refractivity contribution in [2.24, 2.45) is 7.05 Å². The van der Waals surface area contributed by atoms with Crippen LogP contribution in [0, 0.1) is 5.82 Å². The molecule has 28 heavy (non-hydrogen) atoms. The number of hydrogen-bond donors (Lipinski definition) is 2. The average Bonchev–Trinajstić information content (AvgIpc) is 3.10.